The van der Waals surface area contributed by atoms with Gasteiger partial charge in [0.25, 0.3) is 0 Å². The van der Waals surface area contributed by atoms with Gasteiger partial charge in [-0.3, -0.25) is 0 Å². The normalized spacial score (nSPS) is 16.4. The molecule has 14 heavy (non-hydrogen) atoms. The lowest BCUT2D eigenvalue weighted by molar-refractivity contribution is 0.764. The van der Waals surface area contributed by atoms with E-state index >= 15 is 0 Å². The number of nitrogens with two attached hydrogens (primary N) is 1. The third kappa shape index (κ3) is 1.11. The van der Waals surface area contributed by atoms with E-state index in [0.717, 1.165) is 14.6 Å². The number of anilines is 1. The van der Waals surface area contributed by atoms with E-state index in [0.29, 0.717) is 11.9 Å². The van der Waals surface area contributed by atoms with Crippen LogP contribution in [0.25, 0.3) is 11.0 Å². The van der Waals surface area contributed by atoms with E-state index in [-0.39, 0.29) is 0 Å². The zero-order valence-corrected chi connectivity index (χ0v) is 9.60. The number of nitrogens with zero attached hydrogens (tertiary/aromatic N) is 3. The molecule has 0 unspecified atom stereocenters. The average molecular weight is 300 g/mol. The van der Waals surface area contributed by atoms with Gasteiger partial charge in [-0.15, -0.1) is 0 Å². The minimum atomic E-state index is 0.582. The van der Waals surface area contributed by atoms with Crippen LogP contribution in [0.5, 0.6) is 0 Å². The Labute approximate surface area is 94.7 Å². The zero-order valence-electron chi connectivity index (χ0n) is 7.44. The predicted octanol–water partition coefficient (Wildman–Crippen LogP) is 1.95. The van der Waals surface area contributed by atoms with Crippen molar-refractivity contribution >= 4 is 39.4 Å². The molecule has 72 valence electrons. The molecule has 0 amide bonds. The van der Waals surface area contributed by atoms with E-state index in [1.54, 1.807) is 0 Å². The van der Waals surface area contributed by atoms with Crippen LogP contribution in [0, 0.1) is 3.57 Å². The number of hydrogen-bond acceptors (Lipinski definition) is 3. The van der Waals surface area contributed by atoms with Gasteiger partial charge in [0.05, 0.1) is 5.39 Å². The molecule has 2 aromatic heterocycles. The van der Waals surface area contributed by atoms with Crippen LogP contribution < -0.4 is 5.73 Å². The summed E-state index contributed by atoms with van der Waals surface area (Å²) in [6, 6.07) is 0.635. The maximum absolute atomic E-state index is 5.82. The summed E-state index contributed by atoms with van der Waals surface area (Å²) in [6.45, 7) is 0. The van der Waals surface area contributed by atoms with Crippen LogP contribution in [0.1, 0.15) is 18.9 Å². The Morgan fingerprint density at radius 1 is 1.43 bits per heavy atom. The van der Waals surface area contributed by atoms with E-state index < -0.39 is 0 Å². The highest BCUT2D eigenvalue weighted by molar-refractivity contribution is 14.1. The molecule has 0 bridgehead atoms. The van der Waals surface area contributed by atoms with Gasteiger partial charge < -0.3 is 10.3 Å². The molecule has 2 aromatic rings. The summed E-state index contributed by atoms with van der Waals surface area (Å²) in [5, 5.41) is 1.00. The number of fused-ring (bicyclic) bond motifs is 1. The molecule has 1 aliphatic rings. The monoisotopic (exact) mass is 300 g/mol. The van der Waals surface area contributed by atoms with Crippen molar-refractivity contribution in [3.05, 3.63) is 16.1 Å². The first-order valence-corrected chi connectivity index (χ1v) is 5.62. The maximum atomic E-state index is 5.82. The van der Waals surface area contributed by atoms with Gasteiger partial charge in [0.2, 0.25) is 0 Å². The maximum Gasteiger partial charge on any atom is 0.146 e. The van der Waals surface area contributed by atoms with Crippen LogP contribution in [0.15, 0.2) is 12.5 Å². The van der Waals surface area contributed by atoms with Gasteiger partial charge in [0, 0.05) is 15.8 Å². The lowest BCUT2D eigenvalue weighted by atomic mass is 10.4. The summed E-state index contributed by atoms with van der Waals surface area (Å²) in [5.41, 5.74) is 6.80. The Hall–Kier alpha value is -0.850. The summed E-state index contributed by atoms with van der Waals surface area (Å²) in [5.74, 6) is 0.582. The molecule has 0 radical (unpaired) electrons. The highest BCUT2D eigenvalue weighted by Crippen LogP contribution is 2.39. The fourth-order valence-corrected chi connectivity index (χ4v) is 2.51. The standard InChI is InChI=1S/C9H9IN4/c10-6-3-14(5-1-2-5)9-7(6)8(11)12-4-13-9/h3-5H,1-2H2,(H2,11,12,13). The van der Waals surface area contributed by atoms with Gasteiger partial charge in [-0.05, 0) is 35.4 Å². The lowest BCUT2D eigenvalue weighted by Gasteiger charge is -2.00. The van der Waals surface area contributed by atoms with Crippen molar-refractivity contribution in [2.24, 2.45) is 0 Å². The molecule has 0 aliphatic heterocycles. The van der Waals surface area contributed by atoms with Gasteiger partial charge >= 0.3 is 0 Å². The summed E-state index contributed by atoms with van der Waals surface area (Å²) in [4.78, 5) is 8.30. The molecule has 0 spiro atoms. The molecule has 2 N–H and O–H groups in total. The van der Waals surface area contributed by atoms with Gasteiger partial charge in [-0.1, -0.05) is 0 Å². The number of hydrogen-bond donors (Lipinski definition) is 1. The van der Waals surface area contributed by atoms with Crippen molar-refractivity contribution in [2.45, 2.75) is 18.9 Å². The minimum absolute atomic E-state index is 0.582. The molecule has 1 saturated carbocycles. The van der Waals surface area contributed by atoms with Gasteiger partial charge in [-0.25, -0.2) is 9.97 Å². The molecule has 0 saturated heterocycles. The van der Waals surface area contributed by atoms with E-state index in [4.69, 9.17) is 5.73 Å². The van der Waals surface area contributed by atoms with Crippen molar-refractivity contribution in [1.82, 2.24) is 14.5 Å². The molecule has 2 heterocycles. The Morgan fingerprint density at radius 2 is 2.21 bits per heavy atom. The first-order chi connectivity index (χ1) is 6.77. The van der Waals surface area contributed by atoms with Gasteiger partial charge in [0.15, 0.2) is 0 Å². The fraction of sp³-hybridized carbons (Fsp3) is 0.333. The Bertz CT molecular complexity index is 501. The fourth-order valence-electron chi connectivity index (χ4n) is 1.69. The van der Waals surface area contributed by atoms with Crippen LogP contribution in [0.4, 0.5) is 5.82 Å². The first-order valence-electron chi connectivity index (χ1n) is 4.54. The van der Waals surface area contributed by atoms with Crippen LogP contribution in [0.3, 0.4) is 0 Å². The Balaban J connectivity index is 2.37. The highest BCUT2D eigenvalue weighted by Gasteiger charge is 2.26. The topological polar surface area (TPSA) is 56.7 Å². The lowest BCUT2D eigenvalue weighted by Crippen LogP contribution is -1.96. The SMILES string of the molecule is Nc1ncnc2c1c(I)cn2C1CC1. The number of halogens is 1. The quantitative estimate of drug-likeness (QED) is 0.819. The first kappa shape index (κ1) is 8.46. The second-order valence-corrected chi connectivity index (χ2v) is 4.74. The molecule has 3 rings (SSSR count). The summed E-state index contributed by atoms with van der Waals surface area (Å²) in [7, 11) is 0. The van der Waals surface area contributed by atoms with E-state index in [9.17, 15) is 0 Å². The van der Waals surface area contributed by atoms with Crippen LogP contribution >= 0.6 is 22.6 Å². The molecular weight excluding hydrogens is 291 g/mol. The molecular formula is C9H9IN4. The second-order valence-electron chi connectivity index (χ2n) is 3.57. The Morgan fingerprint density at radius 3 is 2.93 bits per heavy atom. The van der Waals surface area contributed by atoms with Gasteiger partial charge in [0.1, 0.15) is 17.8 Å². The van der Waals surface area contributed by atoms with Gasteiger partial charge in [-0.2, -0.15) is 0 Å². The minimum Gasteiger partial charge on any atom is -0.383 e. The summed E-state index contributed by atoms with van der Waals surface area (Å²) >= 11 is 2.28. The number of rotatable bonds is 1. The molecule has 5 heteroatoms. The molecule has 0 atom stereocenters. The highest BCUT2D eigenvalue weighted by atomic mass is 127. The second kappa shape index (κ2) is 2.82. The average Bonchev–Trinajstić information content (AvgIpc) is 2.93. The molecule has 1 fully saturated rings. The molecule has 1 aliphatic carbocycles. The van der Waals surface area contributed by atoms with Crippen molar-refractivity contribution in [3.8, 4) is 0 Å². The predicted molar refractivity (Wildman–Crippen MR) is 62.9 cm³/mol. The summed E-state index contributed by atoms with van der Waals surface area (Å²) in [6.07, 6.45) is 6.16. The smallest absolute Gasteiger partial charge is 0.146 e. The van der Waals surface area contributed by atoms with E-state index in [1.165, 1.54) is 19.2 Å². The van der Waals surface area contributed by atoms with Crippen molar-refractivity contribution in [2.75, 3.05) is 5.73 Å². The number of nitrogen functional groups attached to an aromatic ring is 1. The number of aromatic nitrogens is 3. The third-order valence-electron chi connectivity index (χ3n) is 2.53. The zero-order chi connectivity index (χ0) is 9.71. The largest absolute Gasteiger partial charge is 0.383 e. The third-order valence-corrected chi connectivity index (χ3v) is 3.35. The molecule has 0 aromatic carbocycles. The summed E-state index contributed by atoms with van der Waals surface area (Å²) < 4.78 is 3.36. The van der Waals surface area contributed by atoms with E-state index in [1.807, 2.05) is 0 Å². The van der Waals surface area contributed by atoms with Crippen LogP contribution in [0.2, 0.25) is 0 Å². The van der Waals surface area contributed by atoms with Crippen molar-refractivity contribution < 1.29 is 0 Å². The Kier molecular flexibility index (Phi) is 1.70. The molecule has 4 nitrogen and oxygen atoms in total. The van der Waals surface area contributed by atoms with Crippen LogP contribution in [-0.4, -0.2) is 14.5 Å². The van der Waals surface area contributed by atoms with Crippen molar-refractivity contribution in [3.63, 3.8) is 0 Å². The van der Waals surface area contributed by atoms with Crippen LogP contribution in [-0.2, 0) is 0 Å². The van der Waals surface area contributed by atoms with Crippen molar-refractivity contribution in [1.29, 1.82) is 0 Å². The van der Waals surface area contributed by atoms with E-state index in [2.05, 4.69) is 43.3 Å².